The molecular formula is C19H39NO2. The van der Waals surface area contributed by atoms with E-state index in [4.69, 9.17) is 10.5 Å². The smallest absolute Gasteiger partial charge is 0.249 e. The minimum atomic E-state index is -0.784. The molecular weight excluding hydrogens is 274 g/mol. The van der Waals surface area contributed by atoms with Gasteiger partial charge in [0.15, 0.2) is 0 Å². The molecule has 0 heterocycles. The zero-order valence-electron chi connectivity index (χ0n) is 15.6. The quantitative estimate of drug-likeness (QED) is 0.455. The minimum absolute atomic E-state index is 0.121. The Kier molecular flexibility index (Phi) is 11.6. The second-order valence-corrected chi connectivity index (χ2v) is 6.95. The number of hydrogen-bond donors (Lipinski definition) is 1. The molecule has 0 radical (unpaired) electrons. The second kappa shape index (κ2) is 11.9. The van der Waals surface area contributed by atoms with Crippen LogP contribution in [0.25, 0.3) is 0 Å². The standard InChI is InChI=1S/C19H39NO2/c1-6-9-11-12-14-19(16(4)5,18(20)21)22-15-17(8-3)13-10-7-2/h16-17H,6-15H2,1-5H3,(H2,20,21). The van der Waals surface area contributed by atoms with Gasteiger partial charge in [-0.05, 0) is 24.7 Å². The van der Waals surface area contributed by atoms with Crippen LogP contribution in [0.2, 0.25) is 0 Å². The number of nitrogens with two attached hydrogens (primary N) is 1. The fourth-order valence-electron chi connectivity index (χ4n) is 2.99. The van der Waals surface area contributed by atoms with Crippen molar-refractivity contribution in [2.75, 3.05) is 6.61 Å². The van der Waals surface area contributed by atoms with Crippen LogP contribution in [0, 0.1) is 11.8 Å². The van der Waals surface area contributed by atoms with Crippen molar-refractivity contribution < 1.29 is 9.53 Å². The number of carbonyl (C=O) groups excluding carboxylic acids is 1. The number of rotatable bonds is 14. The number of carbonyl (C=O) groups is 1. The lowest BCUT2D eigenvalue weighted by molar-refractivity contribution is -0.155. The minimum Gasteiger partial charge on any atom is -0.367 e. The first-order valence-electron chi connectivity index (χ1n) is 9.38. The number of amides is 1. The predicted octanol–water partition coefficient (Wildman–Crippen LogP) is 5.07. The Labute approximate surface area is 138 Å². The molecule has 0 spiro atoms. The molecule has 0 aromatic rings. The summed E-state index contributed by atoms with van der Waals surface area (Å²) in [6.07, 6.45) is 10.0. The van der Waals surface area contributed by atoms with E-state index in [1.165, 1.54) is 32.1 Å². The van der Waals surface area contributed by atoms with Gasteiger partial charge in [-0.25, -0.2) is 0 Å². The Morgan fingerprint density at radius 2 is 1.68 bits per heavy atom. The van der Waals surface area contributed by atoms with Gasteiger partial charge in [-0.15, -0.1) is 0 Å². The number of ether oxygens (including phenoxy) is 1. The first-order chi connectivity index (χ1) is 10.4. The maximum absolute atomic E-state index is 12.1. The highest BCUT2D eigenvalue weighted by Crippen LogP contribution is 2.30. The van der Waals surface area contributed by atoms with Crippen LogP contribution in [-0.4, -0.2) is 18.1 Å². The van der Waals surface area contributed by atoms with Gasteiger partial charge in [0.1, 0.15) is 5.60 Å². The maximum atomic E-state index is 12.1. The molecule has 0 aliphatic carbocycles. The molecule has 0 saturated carbocycles. The summed E-state index contributed by atoms with van der Waals surface area (Å²) in [7, 11) is 0. The van der Waals surface area contributed by atoms with Crippen LogP contribution in [0.5, 0.6) is 0 Å². The topological polar surface area (TPSA) is 52.3 Å². The van der Waals surface area contributed by atoms with Crippen molar-refractivity contribution in [2.45, 2.75) is 98.0 Å². The van der Waals surface area contributed by atoms with E-state index in [1.54, 1.807) is 0 Å². The third-order valence-electron chi connectivity index (χ3n) is 4.87. The summed E-state index contributed by atoms with van der Waals surface area (Å²) in [5.41, 5.74) is 4.97. The van der Waals surface area contributed by atoms with Crippen molar-refractivity contribution in [1.29, 1.82) is 0 Å². The van der Waals surface area contributed by atoms with Gasteiger partial charge in [0.05, 0.1) is 6.61 Å². The average Bonchev–Trinajstić information content (AvgIpc) is 2.48. The molecule has 0 saturated heterocycles. The van der Waals surface area contributed by atoms with E-state index in [0.29, 0.717) is 12.5 Å². The number of unbranched alkanes of at least 4 members (excludes halogenated alkanes) is 4. The molecule has 0 aliphatic heterocycles. The SMILES string of the molecule is CCCCCCC(OCC(CC)CCCC)(C(N)=O)C(C)C. The van der Waals surface area contributed by atoms with Crippen LogP contribution in [0.4, 0.5) is 0 Å². The van der Waals surface area contributed by atoms with Gasteiger partial charge in [-0.2, -0.15) is 0 Å². The Morgan fingerprint density at radius 3 is 2.14 bits per heavy atom. The van der Waals surface area contributed by atoms with Crippen molar-refractivity contribution >= 4 is 5.91 Å². The molecule has 132 valence electrons. The van der Waals surface area contributed by atoms with Gasteiger partial charge >= 0.3 is 0 Å². The summed E-state index contributed by atoms with van der Waals surface area (Å²) in [6, 6.07) is 0. The van der Waals surface area contributed by atoms with Gasteiger partial charge in [-0.3, -0.25) is 4.79 Å². The van der Waals surface area contributed by atoms with E-state index < -0.39 is 5.60 Å². The van der Waals surface area contributed by atoms with Gasteiger partial charge in [0, 0.05) is 0 Å². The fraction of sp³-hybridized carbons (Fsp3) is 0.947. The largest absolute Gasteiger partial charge is 0.367 e. The van der Waals surface area contributed by atoms with Crippen molar-refractivity contribution in [1.82, 2.24) is 0 Å². The number of hydrogen-bond acceptors (Lipinski definition) is 2. The van der Waals surface area contributed by atoms with Crippen LogP contribution < -0.4 is 5.73 Å². The van der Waals surface area contributed by atoms with Crippen molar-refractivity contribution in [3.05, 3.63) is 0 Å². The van der Waals surface area contributed by atoms with Crippen LogP contribution in [0.15, 0.2) is 0 Å². The van der Waals surface area contributed by atoms with E-state index in [9.17, 15) is 4.79 Å². The highest BCUT2D eigenvalue weighted by atomic mass is 16.5. The molecule has 0 bridgehead atoms. The van der Waals surface area contributed by atoms with Crippen molar-refractivity contribution in [3.63, 3.8) is 0 Å². The molecule has 0 aromatic heterocycles. The fourth-order valence-corrected chi connectivity index (χ4v) is 2.99. The summed E-state index contributed by atoms with van der Waals surface area (Å²) in [4.78, 5) is 12.1. The summed E-state index contributed by atoms with van der Waals surface area (Å²) in [6.45, 7) is 11.4. The zero-order chi connectivity index (χ0) is 17.0. The van der Waals surface area contributed by atoms with Gasteiger partial charge in [-0.1, -0.05) is 79.6 Å². The predicted molar refractivity (Wildman–Crippen MR) is 94.8 cm³/mol. The van der Waals surface area contributed by atoms with Gasteiger partial charge < -0.3 is 10.5 Å². The summed E-state index contributed by atoms with van der Waals surface area (Å²) in [5.74, 6) is 0.368. The first-order valence-corrected chi connectivity index (χ1v) is 9.38. The van der Waals surface area contributed by atoms with Crippen LogP contribution in [0.3, 0.4) is 0 Å². The van der Waals surface area contributed by atoms with Gasteiger partial charge in [0.2, 0.25) is 5.91 Å². The molecule has 22 heavy (non-hydrogen) atoms. The summed E-state index contributed by atoms with van der Waals surface area (Å²) in [5, 5.41) is 0. The normalized spacial score (nSPS) is 15.7. The highest BCUT2D eigenvalue weighted by Gasteiger charge is 2.40. The van der Waals surface area contributed by atoms with Crippen LogP contribution in [0.1, 0.15) is 92.4 Å². The van der Waals surface area contributed by atoms with E-state index in [0.717, 1.165) is 25.7 Å². The molecule has 3 heteroatoms. The van der Waals surface area contributed by atoms with Crippen LogP contribution >= 0.6 is 0 Å². The molecule has 2 atom stereocenters. The molecule has 2 unspecified atom stereocenters. The Bertz CT molecular complexity index is 291. The van der Waals surface area contributed by atoms with Crippen molar-refractivity contribution in [3.8, 4) is 0 Å². The lowest BCUT2D eigenvalue weighted by Gasteiger charge is -2.36. The highest BCUT2D eigenvalue weighted by molar-refractivity contribution is 5.83. The molecule has 0 aromatic carbocycles. The summed E-state index contributed by atoms with van der Waals surface area (Å²) < 4.78 is 6.21. The Hall–Kier alpha value is -0.570. The Balaban J connectivity index is 4.72. The Morgan fingerprint density at radius 1 is 1.05 bits per heavy atom. The van der Waals surface area contributed by atoms with E-state index >= 15 is 0 Å². The monoisotopic (exact) mass is 313 g/mol. The average molecular weight is 314 g/mol. The summed E-state index contributed by atoms with van der Waals surface area (Å²) >= 11 is 0. The number of primary amides is 1. The van der Waals surface area contributed by atoms with E-state index in [1.807, 2.05) is 0 Å². The van der Waals surface area contributed by atoms with Gasteiger partial charge in [0.25, 0.3) is 0 Å². The first kappa shape index (κ1) is 21.4. The zero-order valence-corrected chi connectivity index (χ0v) is 15.6. The van der Waals surface area contributed by atoms with Crippen molar-refractivity contribution in [2.24, 2.45) is 17.6 Å². The maximum Gasteiger partial charge on any atom is 0.249 e. The molecule has 0 aliphatic rings. The van der Waals surface area contributed by atoms with Crippen LogP contribution in [-0.2, 0) is 9.53 Å². The molecule has 3 nitrogen and oxygen atoms in total. The molecule has 2 N–H and O–H groups in total. The lowest BCUT2D eigenvalue weighted by atomic mass is 9.83. The third kappa shape index (κ3) is 7.13. The second-order valence-electron chi connectivity index (χ2n) is 6.95. The van der Waals surface area contributed by atoms with E-state index in [2.05, 4.69) is 34.6 Å². The van der Waals surface area contributed by atoms with E-state index in [-0.39, 0.29) is 11.8 Å². The lowest BCUT2D eigenvalue weighted by Crippen LogP contribution is -2.51. The molecule has 1 amide bonds. The third-order valence-corrected chi connectivity index (χ3v) is 4.87. The molecule has 0 rings (SSSR count). The molecule has 0 fully saturated rings.